The van der Waals surface area contributed by atoms with Gasteiger partial charge in [0.2, 0.25) is 0 Å². The van der Waals surface area contributed by atoms with Gasteiger partial charge in [0.05, 0.1) is 19.5 Å². The Hall–Kier alpha value is -1.75. The first-order valence-electron chi connectivity index (χ1n) is 12.6. The average molecular weight is 659 g/mol. The SMILES string of the molecule is CC1(C)OC2[C@@H](COP(=O)(O)OP(=O)(O)O[C@@H]3OC([C@H](O)CO)[C@@H](O)[C@H](O)C3O)O[C@@H](n3cnc4c(N)ncnc43)[C@H]2O1. The van der Waals surface area contributed by atoms with Gasteiger partial charge in [0.1, 0.15) is 60.7 Å². The number of ether oxygens (including phenoxy) is 4. The molecule has 2 aromatic heterocycles. The molecule has 21 nitrogen and oxygen atoms in total. The van der Waals surface area contributed by atoms with Crippen molar-refractivity contribution in [3.05, 3.63) is 12.7 Å². The van der Waals surface area contributed by atoms with Gasteiger partial charge in [-0.05, 0) is 13.8 Å². The molecule has 3 fully saturated rings. The fourth-order valence-electron chi connectivity index (χ4n) is 4.93. The largest absolute Gasteiger partial charge is 0.483 e. The number of imidazole rings is 1. The van der Waals surface area contributed by atoms with E-state index >= 15 is 0 Å². The third-order valence-corrected chi connectivity index (χ3v) is 9.41. The van der Waals surface area contributed by atoms with Crippen molar-refractivity contribution in [3.63, 3.8) is 0 Å². The van der Waals surface area contributed by atoms with Crippen molar-refractivity contribution in [2.24, 2.45) is 0 Å². The van der Waals surface area contributed by atoms with Crippen molar-refractivity contribution in [1.82, 2.24) is 19.5 Å². The summed E-state index contributed by atoms with van der Waals surface area (Å²) in [6, 6.07) is 0. The fourth-order valence-corrected chi connectivity index (χ4v) is 7.09. The lowest BCUT2D eigenvalue weighted by Gasteiger charge is -2.41. The highest BCUT2D eigenvalue weighted by Crippen LogP contribution is 2.61. The highest BCUT2D eigenvalue weighted by Gasteiger charge is 2.57. The highest BCUT2D eigenvalue weighted by atomic mass is 31.3. The average Bonchev–Trinajstić information content (AvgIpc) is 3.58. The van der Waals surface area contributed by atoms with Gasteiger partial charge in [0.15, 0.2) is 29.8 Å². The lowest BCUT2D eigenvalue weighted by atomic mass is 9.96. The van der Waals surface area contributed by atoms with Gasteiger partial charge in [0, 0.05) is 0 Å². The monoisotopic (exact) mass is 659 g/mol. The molecule has 0 amide bonds. The number of aliphatic hydroxyl groups excluding tert-OH is 5. The minimum absolute atomic E-state index is 0.119. The molecule has 5 heterocycles. The summed E-state index contributed by atoms with van der Waals surface area (Å²) in [7, 11) is -11.0. The molecule has 0 bridgehead atoms. The topological polar surface area (TPSA) is 310 Å². The predicted molar refractivity (Wildman–Crippen MR) is 135 cm³/mol. The standard InChI is InChI=1S/C20H31N5O16P2/c1-20(2)38-14-8(36-18(15(14)39-20)25-6-24-9-16(21)22-5-23-17(9)25)4-35-42(31,32)41-43(33,34)40-19-12(30)10(28)11(29)13(37-19)7(27)3-26/h5-8,10-15,18-19,26-30H,3-4H2,1-2H3,(H,31,32)(H,33,34)(H2,21,22,23)/t7-,8-,10+,11+,12?,13?,14?,15+,18-,19+/m1/s1. The predicted octanol–water partition coefficient (Wildman–Crippen LogP) is -2.76. The molecule has 0 saturated carbocycles. The van der Waals surface area contributed by atoms with Crippen molar-refractivity contribution >= 4 is 32.6 Å². The number of fused-ring (bicyclic) bond motifs is 2. The Labute approximate surface area is 241 Å². The van der Waals surface area contributed by atoms with Crippen LogP contribution in [0.5, 0.6) is 0 Å². The van der Waals surface area contributed by atoms with E-state index in [1.54, 1.807) is 13.8 Å². The van der Waals surface area contributed by atoms with Crippen molar-refractivity contribution in [1.29, 1.82) is 0 Å². The third-order valence-electron chi connectivity index (χ3n) is 6.80. The summed E-state index contributed by atoms with van der Waals surface area (Å²) in [4.78, 5) is 32.5. The Morgan fingerprint density at radius 1 is 1.05 bits per heavy atom. The van der Waals surface area contributed by atoms with Crippen LogP contribution in [0.25, 0.3) is 11.2 Å². The van der Waals surface area contributed by atoms with Crippen LogP contribution in [-0.4, -0.2) is 129 Å². The van der Waals surface area contributed by atoms with Crippen LogP contribution >= 0.6 is 15.6 Å². The number of nitrogens with zero attached hydrogens (tertiary/aromatic N) is 4. The van der Waals surface area contributed by atoms with E-state index < -0.39 is 96.0 Å². The lowest BCUT2D eigenvalue weighted by Crippen LogP contribution is -2.61. The summed E-state index contributed by atoms with van der Waals surface area (Å²) in [5, 5.41) is 48.9. The number of phosphoric ester groups is 2. The first-order valence-corrected chi connectivity index (χ1v) is 15.6. The smallest absolute Gasteiger partial charge is 0.394 e. The van der Waals surface area contributed by atoms with E-state index in [1.165, 1.54) is 17.2 Å². The van der Waals surface area contributed by atoms with Crippen LogP contribution < -0.4 is 5.73 Å². The van der Waals surface area contributed by atoms with E-state index in [0.29, 0.717) is 11.2 Å². The Morgan fingerprint density at radius 2 is 1.74 bits per heavy atom. The summed E-state index contributed by atoms with van der Waals surface area (Å²) in [6.07, 6.45) is -13.1. The lowest BCUT2D eigenvalue weighted by molar-refractivity contribution is -0.292. The van der Waals surface area contributed by atoms with Crippen LogP contribution in [0.4, 0.5) is 5.82 Å². The second kappa shape index (κ2) is 11.9. The molecule has 0 spiro atoms. The maximum atomic E-state index is 12.6. The number of hydrogen-bond donors (Lipinski definition) is 8. The molecule has 5 unspecified atom stereocenters. The molecule has 5 rings (SSSR count). The van der Waals surface area contributed by atoms with Gasteiger partial charge in [0.25, 0.3) is 0 Å². The molecular weight excluding hydrogens is 628 g/mol. The van der Waals surface area contributed by atoms with E-state index in [-0.39, 0.29) is 5.82 Å². The van der Waals surface area contributed by atoms with Gasteiger partial charge in [-0.3, -0.25) is 13.6 Å². The fraction of sp³-hybridized carbons (Fsp3) is 0.750. The molecule has 23 heteroatoms. The molecule has 2 aromatic rings. The van der Waals surface area contributed by atoms with Gasteiger partial charge in [-0.1, -0.05) is 0 Å². The van der Waals surface area contributed by atoms with Crippen LogP contribution in [0, 0.1) is 0 Å². The molecule has 3 aliphatic heterocycles. The molecule has 0 aromatic carbocycles. The van der Waals surface area contributed by atoms with E-state index in [9.17, 15) is 39.3 Å². The van der Waals surface area contributed by atoms with Gasteiger partial charge in [-0.15, -0.1) is 0 Å². The second-order valence-corrected chi connectivity index (χ2v) is 13.3. The first kappa shape index (κ1) is 32.6. The molecule has 12 atom stereocenters. The van der Waals surface area contributed by atoms with Crippen molar-refractivity contribution < 1.29 is 76.8 Å². The third kappa shape index (κ3) is 6.63. The summed E-state index contributed by atoms with van der Waals surface area (Å²) >= 11 is 0. The number of anilines is 1. The summed E-state index contributed by atoms with van der Waals surface area (Å²) in [6.45, 7) is 1.58. The van der Waals surface area contributed by atoms with E-state index in [0.717, 1.165) is 0 Å². The van der Waals surface area contributed by atoms with E-state index in [2.05, 4.69) is 23.8 Å². The molecule has 242 valence electrons. The second-order valence-electron chi connectivity index (χ2n) is 10.3. The van der Waals surface area contributed by atoms with E-state index in [1.807, 2.05) is 0 Å². The number of aromatic nitrogens is 4. The zero-order valence-corrected chi connectivity index (χ0v) is 24.2. The van der Waals surface area contributed by atoms with Crippen LogP contribution in [-0.2, 0) is 41.4 Å². The highest BCUT2D eigenvalue weighted by molar-refractivity contribution is 7.61. The Morgan fingerprint density at radius 3 is 2.44 bits per heavy atom. The van der Waals surface area contributed by atoms with Crippen LogP contribution in [0.15, 0.2) is 12.7 Å². The molecule has 0 radical (unpaired) electrons. The number of nitrogen functional groups attached to an aromatic ring is 1. The quantitative estimate of drug-likeness (QED) is 0.120. The van der Waals surface area contributed by atoms with Gasteiger partial charge >= 0.3 is 15.6 Å². The van der Waals surface area contributed by atoms with Gasteiger partial charge in [-0.2, -0.15) is 4.31 Å². The maximum absolute atomic E-state index is 12.6. The first-order chi connectivity index (χ1) is 20.0. The van der Waals surface area contributed by atoms with Crippen LogP contribution in [0.1, 0.15) is 20.1 Å². The molecule has 3 saturated heterocycles. The number of aliphatic hydroxyl groups is 5. The normalized spacial score (nSPS) is 37.6. The van der Waals surface area contributed by atoms with Crippen molar-refractivity contribution in [3.8, 4) is 0 Å². The molecule has 43 heavy (non-hydrogen) atoms. The number of phosphoric acid groups is 2. The number of hydrogen-bond acceptors (Lipinski definition) is 18. The van der Waals surface area contributed by atoms with Crippen molar-refractivity contribution in [2.75, 3.05) is 18.9 Å². The van der Waals surface area contributed by atoms with Crippen LogP contribution in [0.2, 0.25) is 0 Å². The summed E-state index contributed by atoms with van der Waals surface area (Å²) in [5.41, 5.74) is 6.46. The summed E-state index contributed by atoms with van der Waals surface area (Å²) in [5.74, 6) is -0.984. The zero-order chi connectivity index (χ0) is 31.5. The molecular formula is C20H31N5O16P2. The minimum atomic E-state index is -5.61. The van der Waals surface area contributed by atoms with Crippen LogP contribution in [0.3, 0.4) is 0 Å². The Kier molecular flexibility index (Phi) is 9.02. The molecule has 0 aliphatic carbocycles. The van der Waals surface area contributed by atoms with E-state index in [4.69, 9.17) is 34.3 Å². The maximum Gasteiger partial charge on any atom is 0.483 e. The van der Waals surface area contributed by atoms with Crippen molar-refractivity contribution in [2.45, 2.75) is 81.0 Å². The summed E-state index contributed by atoms with van der Waals surface area (Å²) < 4.78 is 63.3. The Bertz CT molecular complexity index is 1410. The zero-order valence-electron chi connectivity index (χ0n) is 22.4. The minimum Gasteiger partial charge on any atom is -0.394 e. The Balaban J connectivity index is 1.26. The molecule has 9 N–H and O–H groups in total. The molecule has 3 aliphatic rings. The van der Waals surface area contributed by atoms with Gasteiger partial charge in [-0.25, -0.2) is 24.1 Å². The number of rotatable bonds is 10. The number of nitrogens with two attached hydrogens (primary N) is 1. The van der Waals surface area contributed by atoms with Gasteiger partial charge < -0.3 is 60.0 Å².